The molecule has 2 aromatic carbocycles. The molecule has 0 bridgehead atoms. The van der Waals surface area contributed by atoms with E-state index >= 15 is 0 Å². The quantitative estimate of drug-likeness (QED) is 0.904. The first-order valence-electron chi connectivity index (χ1n) is 7.38. The highest BCUT2D eigenvalue weighted by molar-refractivity contribution is 5.95. The maximum absolute atomic E-state index is 12.4. The molecule has 0 fully saturated rings. The van der Waals surface area contributed by atoms with Gasteiger partial charge in [-0.3, -0.25) is 4.79 Å². The molecule has 1 atom stereocenters. The molecule has 0 aromatic heterocycles. The SMILES string of the molecule is Cc1ccc([C@@H](C)NC(=O)c2ccc3c(c2)NCC3)cc1. The van der Waals surface area contributed by atoms with E-state index in [2.05, 4.69) is 41.8 Å². The first kappa shape index (κ1) is 13.7. The van der Waals surface area contributed by atoms with Crippen molar-refractivity contribution in [2.45, 2.75) is 26.3 Å². The molecule has 1 aliphatic heterocycles. The summed E-state index contributed by atoms with van der Waals surface area (Å²) in [6, 6.07) is 14.1. The summed E-state index contributed by atoms with van der Waals surface area (Å²) in [7, 11) is 0. The van der Waals surface area contributed by atoms with Crippen LogP contribution in [-0.2, 0) is 6.42 Å². The average molecular weight is 280 g/mol. The molecule has 1 aliphatic rings. The summed E-state index contributed by atoms with van der Waals surface area (Å²) in [5, 5.41) is 6.36. The second-order valence-electron chi connectivity index (χ2n) is 5.65. The van der Waals surface area contributed by atoms with E-state index in [0.717, 1.165) is 24.2 Å². The largest absolute Gasteiger partial charge is 0.384 e. The maximum Gasteiger partial charge on any atom is 0.251 e. The molecule has 0 saturated carbocycles. The van der Waals surface area contributed by atoms with Crippen molar-refractivity contribution in [1.29, 1.82) is 0 Å². The van der Waals surface area contributed by atoms with Crippen molar-refractivity contribution in [2.24, 2.45) is 0 Å². The predicted molar refractivity (Wildman–Crippen MR) is 85.7 cm³/mol. The summed E-state index contributed by atoms with van der Waals surface area (Å²) in [6.45, 7) is 5.03. The van der Waals surface area contributed by atoms with Gasteiger partial charge in [-0.05, 0) is 43.5 Å². The van der Waals surface area contributed by atoms with Gasteiger partial charge < -0.3 is 10.6 Å². The van der Waals surface area contributed by atoms with E-state index in [-0.39, 0.29) is 11.9 Å². The Kier molecular flexibility index (Phi) is 3.65. The van der Waals surface area contributed by atoms with Crippen molar-refractivity contribution in [3.63, 3.8) is 0 Å². The van der Waals surface area contributed by atoms with Gasteiger partial charge in [-0.15, -0.1) is 0 Å². The number of amides is 1. The smallest absolute Gasteiger partial charge is 0.251 e. The number of aryl methyl sites for hydroxylation is 1. The molecule has 2 aromatic rings. The molecular weight excluding hydrogens is 260 g/mol. The molecular formula is C18H20N2O. The lowest BCUT2D eigenvalue weighted by atomic mass is 10.1. The van der Waals surface area contributed by atoms with Crippen LogP contribution < -0.4 is 10.6 Å². The molecule has 0 saturated heterocycles. The summed E-state index contributed by atoms with van der Waals surface area (Å²) >= 11 is 0. The minimum Gasteiger partial charge on any atom is -0.384 e. The Morgan fingerprint density at radius 3 is 2.71 bits per heavy atom. The molecule has 3 rings (SSSR count). The lowest BCUT2D eigenvalue weighted by molar-refractivity contribution is 0.0940. The number of fused-ring (bicyclic) bond motifs is 1. The van der Waals surface area contributed by atoms with E-state index in [4.69, 9.17) is 0 Å². The van der Waals surface area contributed by atoms with Gasteiger partial charge in [0.2, 0.25) is 0 Å². The van der Waals surface area contributed by atoms with Gasteiger partial charge in [0.1, 0.15) is 0 Å². The van der Waals surface area contributed by atoms with Crippen molar-refractivity contribution in [3.05, 3.63) is 64.7 Å². The second kappa shape index (κ2) is 5.60. The number of rotatable bonds is 3. The van der Waals surface area contributed by atoms with Crippen LogP contribution in [0.4, 0.5) is 5.69 Å². The van der Waals surface area contributed by atoms with Crippen LogP contribution in [0.3, 0.4) is 0 Å². The fourth-order valence-electron chi connectivity index (χ4n) is 2.65. The Morgan fingerprint density at radius 1 is 1.19 bits per heavy atom. The number of carbonyl (C=O) groups is 1. The number of benzene rings is 2. The van der Waals surface area contributed by atoms with Crippen molar-refractivity contribution < 1.29 is 4.79 Å². The first-order valence-corrected chi connectivity index (χ1v) is 7.38. The van der Waals surface area contributed by atoms with Crippen LogP contribution >= 0.6 is 0 Å². The molecule has 1 amide bonds. The molecule has 21 heavy (non-hydrogen) atoms. The van der Waals surface area contributed by atoms with Crippen molar-refractivity contribution in [2.75, 3.05) is 11.9 Å². The second-order valence-corrected chi connectivity index (χ2v) is 5.65. The number of hydrogen-bond acceptors (Lipinski definition) is 2. The van der Waals surface area contributed by atoms with Crippen LogP contribution in [0.1, 0.15) is 40.0 Å². The van der Waals surface area contributed by atoms with Gasteiger partial charge in [0.05, 0.1) is 6.04 Å². The number of carbonyl (C=O) groups excluding carboxylic acids is 1. The summed E-state index contributed by atoms with van der Waals surface area (Å²) < 4.78 is 0. The van der Waals surface area contributed by atoms with Crippen molar-refractivity contribution in [3.8, 4) is 0 Å². The standard InChI is InChI=1S/C18H20N2O/c1-12-3-5-14(6-4-12)13(2)20-18(21)16-8-7-15-9-10-19-17(15)11-16/h3-8,11,13,19H,9-10H2,1-2H3,(H,20,21)/t13-/m1/s1. The van der Waals surface area contributed by atoms with Gasteiger partial charge in [-0.25, -0.2) is 0 Å². The molecule has 0 aliphatic carbocycles. The van der Waals surface area contributed by atoms with E-state index in [1.165, 1.54) is 11.1 Å². The van der Waals surface area contributed by atoms with Gasteiger partial charge in [-0.2, -0.15) is 0 Å². The number of nitrogens with one attached hydrogen (secondary N) is 2. The average Bonchev–Trinajstić information content (AvgIpc) is 2.95. The molecule has 1 heterocycles. The van der Waals surface area contributed by atoms with Crippen LogP contribution in [0.5, 0.6) is 0 Å². The van der Waals surface area contributed by atoms with Gasteiger partial charge >= 0.3 is 0 Å². The molecule has 0 unspecified atom stereocenters. The van der Waals surface area contributed by atoms with E-state index in [1.807, 2.05) is 25.1 Å². The Bertz CT molecular complexity index is 661. The van der Waals surface area contributed by atoms with Crippen molar-refractivity contribution in [1.82, 2.24) is 5.32 Å². The predicted octanol–water partition coefficient (Wildman–Crippen LogP) is 3.45. The molecule has 3 nitrogen and oxygen atoms in total. The van der Waals surface area contributed by atoms with E-state index in [9.17, 15) is 4.79 Å². The molecule has 108 valence electrons. The summed E-state index contributed by atoms with van der Waals surface area (Å²) in [4.78, 5) is 12.4. The zero-order chi connectivity index (χ0) is 14.8. The minimum absolute atomic E-state index is 0.000635. The monoisotopic (exact) mass is 280 g/mol. The molecule has 2 N–H and O–H groups in total. The Balaban J connectivity index is 1.72. The highest BCUT2D eigenvalue weighted by Crippen LogP contribution is 2.23. The van der Waals surface area contributed by atoms with Crippen LogP contribution in [0, 0.1) is 6.92 Å². The lowest BCUT2D eigenvalue weighted by Crippen LogP contribution is -2.26. The normalized spacial score (nSPS) is 14.2. The first-order chi connectivity index (χ1) is 10.1. The fraction of sp³-hybridized carbons (Fsp3) is 0.278. The number of hydrogen-bond donors (Lipinski definition) is 2. The zero-order valence-corrected chi connectivity index (χ0v) is 12.4. The highest BCUT2D eigenvalue weighted by atomic mass is 16.1. The van der Waals surface area contributed by atoms with Gasteiger partial charge in [0.15, 0.2) is 0 Å². The minimum atomic E-state index is -0.0282. The van der Waals surface area contributed by atoms with Crippen molar-refractivity contribution >= 4 is 11.6 Å². The highest BCUT2D eigenvalue weighted by Gasteiger charge is 2.15. The Labute approximate surface area is 125 Å². The third kappa shape index (κ3) is 2.92. The van der Waals surface area contributed by atoms with Crippen LogP contribution in [-0.4, -0.2) is 12.5 Å². The van der Waals surface area contributed by atoms with Crippen LogP contribution in [0.25, 0.3) is 0 Å². The summed E-state index contributed by atoms with van der Waals surface area (Å²) in [6.07, 6.45) is 1.04. The van der Waals surface area contributed by atoms with Crippen LogP contribution in [0.2, 0.25) is 0 Å². The lowest BCUT2D eigenvalue weighted by Gasteiger charge is -2.15. The topological polar surface area (TPSA) is 41.1 Å². The number of anilines is 1. The summed E-state index contributed by atoms with van der Waals surface area (Å²) in [5.41, 5.74) is 5.43. The van der Waals surface area contributed by atoms with E-state index < -0.39 is 0 Å². The zero-order valence-electron chi connectivity index (χ0n) is 12.4. The molecule has 0 radical (unpaired) electrons. The van der Waals surface area contributed by atoms with Crippen LogP contribution in [0.15, 0.2) is 42.5 Å². The third-order valence-corrected chi connectivity index (χ3v) is 4.01. The molecule has 3 heteroatoms. The van der Waals surface area contributed by atoms with E-state index in [0.29, 0.717) is 5.56 Å². The van der Waals surface area contributed by atoms with Gasteiger partial charge in [0.25, 0.3) is 5.91 Å². The summed E-state index contributed by atoms with van der Waals surface area (Å²) in [5.74, 6) is -0.0282. The third-order valence-electron chi connectivity index (χ3n) is 4.01. The Hall–Kier alpha value is -2.29. The fourth-order valence-corrected chi connectivity index (χ4v) is 2.65. The van der Waals surface area contributed by atoms with E-state index in [1.54, 1.807) is 0 Å². The molecule has 0 spiro atoms. The van der Waals surface area contributed by atoms with Gasteiger partial charge in [0, 0.05) is 17.8 Å². The Morgan fingerprint density at radius 2 is 1.95 bits per heavy atom. The van der Waals surface area contributed by atoms with Gasteiger partial charge in [-0.1, -0.05) is 35.9 Å². The maximum atomic E-state index is 12.4.